The molecule has 1 amide bonds. The van der Waals surface area contributed by atoms with Gasteiger partial charge in [0.05, 0.1) is 6.54 Å². The van der Waals surface area contributed by atoms with E-state index in [0.717, 1.165) is 40.8 Å². The van der Waals surface area contributed by atoms with E-state index < -0.39 is 0 Å². The maximum atomic E-state index is 12.5. The molecule has 1 heterocycles. The Balaban J connectivity index is 1.30. The fraction of sp³-hybridized carbons (Fsp3) is 0.208. The molecule has 0 radical (unpaired) electrons. The van der Waals surface area contributed by atoms with Crippen molar-refractivity contribution in [3.8, 4) is 23.0 Å². The van der Waals surface area contributed by atoms with Crippen LogP contribution in [0.3, 0.4) is 0 Å². The summed E-state index contributed by atoms with van der Waals surface area (Å²) >= 11 is 0. The summed E-state index contributed by atoms with van der Waals surface area (Å²) in [4.78, 5) is 14.6. The lowest BCUT2D eigenvalue weighted by atomic mass is 10.2. The topological polar surface area (TPSA) is 60.0 Å². The zero-order chi connectivity index (χ0) is 20.8. The Hall–Kier alpha value is -3.51. The van der Waals surface area contributed by atoms with Crippen molar-refractivity contribution < 1.29 is 19.0 Å². The van der Waals surface area contributed by atoms with Gasteiger partial charge in [0.15, 0.2) is 11.5 Å². The molecular weight excluding hydrogens is 380 g/mol. The molecule has 0 atom stereocenters. The second kappa shape index (κ2) is 9.33. The number of para-hydroxylation sites is 1. The normalized spacial score (nSPS) is 12.1. The first-order valence-corrected chi connectivity index (χ1v) is 9.93. The number of hydrogen-bond donors (Lipinski definition) is 1. The number of nitrogens with one attached hydrogen (secondary N) is 1. The molecule has 30 heavy (non-hydrogen) atoms. The number of fused-ring (bicyclic) bond motifs is 1. The number of carbonyl (C=O) groups excluding carboxylic acids is 1. The molecule has 0 bridgehead atoms. The molecule has 0 unspecified atom stereocenters. The van der Waals surface area contributed by atoms with Crippen LogP contribution < -0.4 is 19.5 Å². The molecule has 0 saturated carbocycles. The Morgan fingerprint density at radius 2 is 1.70 bits per heavy atom. The Morgan fingerprint density at radius 3 is 2.47 bits per heavy atom. The number of rotatable bonds is 8. The van der Waals surface area contributed by atoms with Gasteiger partial charge in [-0.15, -0.1) is 0 Å². The third-order valence-electron chi connectivity index (χ3n) is 4.77. The highest BCUT2D eigenvalue weighted by Gasteiger charge is 2.15. The lowest BCUT2D eigenvalue weighted by Gasteiger charge is -2.20. The highest BCUT2D eigenvalue weighted by atomic mass is 16.7. The predicted octanol–water partition coefficient (Wildman–Crippen LogP) is 4.67. The first-order valence-electron chi connectivity index (χ1n) is 9.93. The molecule has 1 aliphatic heterocycles. The van der Waals surface area contributed by atoms with Crippen molar-refractivity contribution in [2.24, 2.45) is 0 Å². The van der Waals surface area contributed by atoms with Gasteiger partial charge in [0.1, 0.15) is 11.5 Å². The van der Waals surface area contributed by atoms with Gasteiger partial charge in [0, 0.05) is 12.2 Å². The summed E-state index contributed by atoms with van der Waals surface area (Å²) in [7, 11) is 0. The first kappa shape index (κ1) is 19.8. The van der Waals surface area contributed by atoms with Gasteiger partial charge in [-0.25, -0.2) is 0 Å². The molecule has 154 valence electrons. The number of anilines is 1. The Kier molecular flexibility index (Phi) is 6.15. The molecule has 0 saturated heterocycles. The maximum Gasteiger partial charge on any atom is 0.238 e. The average molecular weight is 404 g/mol. The first-order chi connectivity index (χ1) is 14.7. The van der Waals surface area contributed by atoms with E-state index in [1.165, 1.54) is 0 Å². The third kappa shape index (κ3) is 5.10. The maximum absolute atomic E-state index is 12.5. The predicted molar refractivity (Wildman–Crippen MR) is 115 cm³/mol. The third-order valence-corrected chi connectivity index (χ3v) is 4.77. The van der Waals surface area contributed by atoms with Crippen LogP contribution in [-0.2, 0) is 11.3 Å². The molecule has 4 rings (SSSR count). The SMILES string of the molecule is CCN(CC(=O)Nc1ccc(Oc2ccccc2)cc1)Cc1ccc2c(c1)OCO2. The Bertz CT molecular complexity index is 990. The van der Waals surface area contributed by atoms with Crippen LogP contribution in [0.2, 0.25) is 0 Å². The fourth-order valence-electron chi connectivity index (χ4n) is 3.21. The van der Waals surface area contributed by atoms with E-state index >= 15 is 0 Å². The smallest absolute Gasteiger partial charge is 0.238 e. The van der Waals surface area contributed by atoms with Crippen molar-refractivity contribution in [1.29, 1.82) is 0 Å². The quantitative estimate of drug-likeness (QED) is 0.591. The average Bonchev–Trinajstić information content (AvgIpc) is 3.23. The van der Waals surface area contributed by atoms with E-state index in [-0.39, 0.29) is 12.7 Å². The van der Waals surface area contributed by atoms with E-state index in [2.05, 4.69) is 10.2 Å². The molecule has 1 N–H and O–H groups in total. The lowest BCUT2D eigenvalue weighted by molar-refractivity contribution is -0.117. The summed E-state index contributed by atoms with van der Waals surface area (Å²) in [6, 6.07) is 22.8. The van der Waals surface area contributed by atoms with E-state index in [9.17, 15) is 4.79 Å². The molecular formula is C24H24N2O4. The number of likely N-dealkylation sites (N-methyl/N-ethyl adjacent to an activating group) is 1. The van der Waals surface area contributed by atoms with Crippen molar-refractivity contribution in [1.82, 2.24) is 4.90 Å². The molecule has 0 aliphatic carbocycles. The summed E-state index contributed by atoms with van der Waals surface area (Å²) in [5, 5.41) is 2.94. The number of hydrogen-bond acceptors (Lipinski definition) is 5. The van der Waals surface area contributed by atoms with Gasteiger partial charge in [-0.05, 0) is 60.6 Å². The van der Waals surface area contributed by atoms with Gasteiger partial charge in [-0.3, -0.25) is 9.69 Å². The molecule has 0 spiro atoms. The van der Waals surface area contributed by atoms with Crippen LogP contribution in [0.1, 0.15) is 12.5 Å². The van der Waals surface area contributed by atoms with Crippen LogP contribution in [-0.4, -0.2) is 30.7 Å². The zero-order valence-corrected chi connectivity index (χ0v) is 16.8. The molecule has 0 aromatic heterocycles. The minimum atomic E-state index is -0.0608. The van der Waals surface area contributed by atoms with E-state index in [0.29, 0.717) is 13.1 Å². The number of ether oxygens (including phenoxy) is 3. The Labute approximate surface area is 176 Å². The van der Waals surface area contributed by atoms with Crippen LogP contribution in [0.5, 0.6) is 23.0 Å². The zero-order valence-electron chi connectivity index (χ0n) is 16.8. The monoisotopic (exact) mass is 404 g/mol. The Morgan fingerprint density at radius 1 is 0.967 bits per heavy atom. The van der Waals surface area contributed by atoms with Crippen molar-refractivity contribution >= 4 is 11.6 Å². The lowest BCUT2D eigenvalue weighted by Crippen LogP contribution is -2.32. The van der Waals surface area contributed by atoms with Crippen LogP contribution in [0.25, 0.3) is 0 Å². The molecule has 3 aromatic carbocycles. The van der Waals surface area contributed by atoms with E-state index in [1.54, 1.807) is 0 Å². The van der Waals surface area contributed by atoms with Gasteiger partial charge in [0.2, 0.25) is 12.7 Å². The minimum Gasteiger partial charge on any atom is -0.457 e. The van der Waals surface area contributed by atoms with Crippen molar-refractivity contribution in [3.05, 3.63) is 78.4 Å². The van der Waals surface area contributed by atoms with Crippen LogP contribution in [0, 0.1) is 0 Å². The molecule has 3 aromatic rings. The molecule has 6 nitrogen and oxygen atoms in total. The summed E-state index contributed by atoms with van der Waals surface area (Å²) in [6.45, 7) is 4.01. The van der Waals surface area contributed by atoms with Gasteiger partial charge >= 0.3 is 0 Å². The highest BCUT2D eigenvalue weighted by molar-refractivity contribution is 5.92. The second-order valence-electron chi connectivity index (χ2n) is 6.98. The van der Waals surface area contributed by atoms with Crippen LogP contribution in [0.4, 0.5) is 5.69 Å². The summed E-state index contributed by atoms with van der Waals surface area (Å²) < 4.78 is 16.6. The second-order valence-corrected chi connectivity index (χ2v) is 6.98. The largest absolute Gasteiger partial charge is 0.457 e. The van der Waals surface area contributed by atoms with Gasteiger partial charge in [0.25, 0.3) is 0 Å². The van der Waals surface area contributed by atoms with Crippen LogP contribution in [0.15, 0.2) is 72.8 Å². The molecule has 0 fully saturated rings. The summed E-state index contributed by atoms with van der Waals surface area (Å²) in [5.41, 5.74) is 1.82. The highest BCUT2D eigenvalue weighted by Crippen LogP contribution is 2.32. The van der Waals surface area contributed by atoms with Gasteiger partial charge in [-0.2, -0.15) is 0 Å². The number of nitrogens with zero attached hydrogens (tertiary/aromatic N) is 1. The van der Waals surface area contributed by atoms with Crippen molar-refractivity contribution in [2.75, 3.05) is 25.2 Å². The number of carbonyl (C=O) groups is 1. The summed E-state index contributed by atoms with van der Waals surface area (Å²) in [6.07, 6.45) is 0. The van der Waals surface area contributed by atoms with Crippen molar-refractivity contribution in [3.63, 3.8) is 0 Å². The summed E-state index contributed by atoms with van der Waals surface area (Å²) in [5.74, 6) is 2.95. The minimum absolute atomic E-state index is 0.0608. The number of benzene rings is 3. The van der Waals surface area contributed by atoms with Gasteiger partial charge < -0.3 is 19.5 Å². The molecule has 1 aliphatic rings. The van der Waals surface area contributed by atoms with E-state index in [1.807, 2.05) is 79.7 Å². The van der Waals surface area contributed by atoms with Crippen molar-refractivity contribution in [2.45, 2.75) is 13.5 Å². The van der Waals surface area contributed by atoms with E-state index in [4.69, 9.17) is 14.2 Å². The molecule has 6 heteroatoms. The van der Waals surface area contributed by atoms with Gasteiger partial charge in [-0.1, -0.05) is 31.2 Å². The van der Waals surface area contributed by atoms with Crippen LogP contribution >= 0.6 is 0 Å². The number of amides is 1. The standard InChI is InChI=1S/C24H24N2O4/c1-2-26(15-18-8-13-22-23(14-18)29-17-28-22)16-24(27)25-19-9-11-21(12-10-19)30-20-6-4-3-5-7-20/h3-14H,2,15-17H2,1H3,(H,25,27). The fourth-order valence-corrected chi connectivity index (χ4v) is 3.21.